The van der Waals surface area contributed by atoms with Gasteiger partial charge in [0.2, 0.25) is 0 Å². The lowest BCUT2D eigenvalue weighted by molar-refractivity contribution is -0.155. The molecule has 50 heavy (non-hydrogen) atoms. The Kier molecular flexibility index (Phi) is 34.6. The Morgan fingerprint density at radius 1 is 0.520 bits per heavy atom. The Labute approximate surface area is 311 Å². The molecule has 0 amide bonds. The zero-order valence-corrected chi connectivity index (χ0v) is 34.1. The molecule has 0 spiro atoms. The van der Waals surface area contributed by atoms with E-state index in [-0.39, 0.29) is 30.9 Å². The molecule has 0 aliphatic heterocycles. The Morgan fingerprint density at radius 2 is 0.860 bits per heavy atom. The van der Waals surface area contributed by atoms with Gasteiger partial charge in [-0.25, -0.2) is 0 Å². The Balaban J connectivity index is 4.31. The van der Waals surface area contributed by atoms with Crippen LogP contribution in [0.15, 0.2) is 24.3 Å². The van der Waals surface area contributed by atoms with Gasteiger partial charge in [0.15, 0.2) is 0 Å². The minimum Gasteiger partial charge on any atom is -0.461 e. The van der Waals surface area contributed by atoms with Crippen molar-refractivity contribution in [2.24, 2.45) is 5.73 Å². The normalized spacial score (nSPS) is 13.3. The molecule has 2 N–H and O–H groups in total. The maximum Gasteiger partial charge on any atom is 0.323 e. The van der Waals surface area contributed by atoms with Gasteiger partial charge in [-0.3, -0.25) is 9.59 Å². The van der Waals surface area contributed by atoms with Crippen LogP contribution in [0.1, 0.15) is 234 Å². The third kappa shape index (κ3) is 36.2. The minimum absolute atomic E-state index is 0.0863. The maximum atomic E-state index is 12.9. The number of hydrogen-bond donors (Lipinski definition) is 1. The van der Waals surface area contributed by atoms with E-state index in [1.54, 1.807) is 0 Å². The third-order valence-electron chi connectivity index (χ3n) is 9.49. The molecule has 0 aromatic carbocycles. The number of hydrogen-bond acceptors (Lipinski definition) is 5. The highest BCUT2D eigenvalue weighted by Gasteiger charge is 2.23. The molecule has 1 unspecified atom stereocenters. The number of allylic oxidation sites excluding steroid dienone is 4. The highest BCUT2D eigenvalue weighted by molar-refractivity contribution is 5.77. The van der Waals surface area contributed by atoms with Gasteiger partial charge in [0.25, 0.3) is 0 Å². The average Bonchev–Trinajstić information content (AvgIpc) is 3.07. The summed E-state index contributed by atoms with van der Waals surface area (Å²) in [6, 6.07) is -0.793. The number of carbonyl (C=O) groups excluding carboxylic acids is 2. The first-order chi connectivity index (χ1) is 24.2. The van der Waals surface area contributed by atoms with Crippen LogP contribution in [0.3, 0.4) is 0 Å². The minimum atomic E-state index is -0.793. The van der Waals surface area contributed by atoms with E-state index in [0.717, 1.165) is 25.7 Å². The molecule has 0 fully saturated rings. The van der Waals surface area contributed by atoms with Crippen molar-refractivity contribution in [3.05, 3.63) is 24.3 Å². The van der Waals surface area contributed by atoms with Crippen LogP contribution in [-0.4, -0.2) is 29.7 Å². The Morgan fingerprint density at radius 3 is 1.22 bits per heavy atom. The summed E-state index contributed by atoms with van der Waals surface area (Å²) in [6.07, 6.45) is 46.2. The lowest BCUT2D eigenvalue weighted by Crippen LogP contribution is -2.36. The van der Waals surface area contributed by atoms with E-state index in [9.17, 15) is 9.59 Å². The van der Waals surface area contributed by atoms with E-state index in [0.29, 0.717) is 0 Å². The molecule has 0 heterocycles. The van der Waals surface area contributed by atoms with Crippen molar-refractivity contribution < 1.29 is 19.1 Å². The molecule has 0 rings (SSSR count). The lowest BCUT2D eigenvalue weighted by Gasteiger charge is -2.22. The molecular weight excluding hydrogens is 618 g/mol. The second-order valence-corrected chi connectivity index (χ2v) is 15.9. The van der Waals surface area contributed by atoms with Crippen LogP contribution in [0.5, 0.6) is 0 Å². The second kappa shape index (κ2) is 35.8. The van der Waals surface area contributed by atoms with Gasteiger partial charge >= 0.3 is 11.9 Å². The van der Waals surface area contributed by atoms with Crippen LogP contribution in [0.25, 0.3) is 0 Å². The first-order valence-corrected chi connectivity index (χ1v) is 21.7. The number of ether oxygens (including phenoxy) is 2. The van der Waals surface area contributed by atoms with Crippen molar-refractivity contribution in [2.45, 2.75) is 251 Å². The molecule has 0 aliphatic rings. The quantitative estimate of drug-likeness (QED) is 0.0399. The predicted molar refractivity (Wildman–Crippen MR) is 216 cm³/mol. The fourth-order valence-electron chi connectivity index (χ4n) is 6.36. The first kappa shape index (κ1) is 48.4. The summed E-state index contributed by atoms with van der Waals surface area (Å²) in [5.74, 6) is -0.703. The topological polar surface area (TPSA) is 78.6 Å². The first-order valence-electron chi connectivity index (χ1n) is 21.7. The molecule has 0 aromatic rings. The summed E-state index contributed by atoms with van der Waals surface area (Å²) in [7, 11) is 0. The summed E-state index contributed by atoms with van der Waals surface area (Å²) in [6.45, 7) is 10.1. The van der Waals surface area contributed by atoms with Crippen molar-refractivity contribution >= 4 is 11.9 Å². The van der Waals surface area contributed by atoms with Crippen LogP contribution in [0.2, 0.25) is 0 Å². The number of esters is 2. The van der Waals surface area contributed by atoms with Gasteiger partial charge in [-0.05, 0) is 104 Å². The molecule has 5 nitrogen and oxygen atoms in total. The van der Waals surface area contributed by atoms with Crippen molar-refractivity contribution in [3.63, 3.8) is 0 Å². The monoisotopic (exact) mass is 704 g/mol. The molecule has 294 valence electrons. The standard InChI is InChI=1S/C45H85NO4/c1-6-8-10-12-14-16-18-20-22-24-26-28-30-32-34-36-38-41(49-44(48)42(46)39-40-43(47)50-45(3,4)5)37-35-33-31-29-27-25-23-21-19-17-15-13-11-9-7-2/h20-23,41-42H,6-19,24-40,46H2,1-5H3/b22-20-,23-21-/t41?,42-/m0/s1. The van der Waals surface area contributed by atoms with E-state index < -0.39 is 11.6 Å². The summed E-state index contributed by atoms with van der Waals surface area (Å²) in [4.78, 5) is 25.0. The highest BCUT2D eigenvalue weighted by atomic mass is 16.6. The van der Waals surface area contributed by atoms with Gasteiger partial charge < -0.3 is 15.2 Å². The fraction of sp³-hybridized carbons (Fsp3) is 0.867. The van der Waals surface area contributed by atoms with Gasteiger partial charge in [-0.15, -0.1) is 0 Å². The van der Waals surface area contributed by atoms with E-state index in [1.165, 1.54) is 161 Å². The third-order valence-corrected chi connectivity index (χ3v) is 9.49. The van der Waals surface area contributed by atoms with Gasteiger partial charge in [-0.2, -0.15) is 0 Å². The Bertz CT molecular complexity index is 814. The number of carbonyl (C=O) groups is 2. The van der Waals surface area contributed by atoms with E-state index in [2.05, 4.69) is 38.2 Å². The number of nitrogens with two attached hydrogens (primary N) is 1. The second-order valence-electron chi connectivity index (χ2n) is 15.9. The largest absolute Gasteiger partial charge is 0.461 e. The Hall–Kier alpha value is -1.62. The van der Waals surface area contributed by atoms with Crippen LogP contribution in [0.4, 0.5) is 0 Å². The van der Waals surface area contributed by atoms with Crippen molar-refractivity contribution in [1.29, 1.82) is 0 Å². The molecule has 0 aromatic heterocycles. The average molecular weight is 704 g/mol. The molecule has 0 aliphatic carbocycles. The smallest absolute Gasteiger partial charge is 0.323 e. The number of rotatable bonds is 36. The van der Waals surface area contributed by atoms with Gasteiger partial charge in [-0.1, -0.05) is 147 Å². The number of unbranched alkanes of at least 4 members (excludes halogenated alkanes) is 23. The molecule has 0 saturated carbocycles. The highest BCUT2D eigenvalue weighted by Crippen LogP contribution is 2.19. The zero-order valence-electron chi connectivity index (χ0n) is 34.1. The van der Waals surface area contributed by atoms with Crippen LogP contribution >= 0.6 is 0 Å². The molecule has 0 saturated heterocycles. The fourth-order valence-corrected chi connectivity index (χ4v) is 6.36. The summed E-state index contributed by atoms with van der Waals surface area (Å²) >= 11 is 0. The van der Waals surface area contributed by atoms with E-state index in [1.807, 2.05) is 20.8 Å². The van der Waals surface area contributed by atoms with Crippen molar-refractivity contribution in [3.8, 4) is 0 Å². The molecule has 0 bridgehead atoms. The van der Waals surface area contributed by atoms with Crippen molar-refractivity contribution in [2.75, 3.05) is 0 Å². The van der Waals surface area contributed by atoms with Crippen LogP contribution in [-0.2, 0) is 19.1 Å². The van der Waals surface area contributed by atoms with Crippen molar-refractivity contribution in [1.82, 2.24) is 0 Å². The van der Waals surface area contributed by atoms with Gasteiger partial charge in [0.05, 0.1) is 0 Å². The molecular formula is C45H85NO4. The maximum absolute atomic E-state index is 12.9. The SMILES string of the molecule is CCCCCCCC/C=C\CCCCCCCCC(CCCCCCC/C=C\CCCCCCCC)OC(=O)[C@@H](N)CCC(=O)OC(C)(C)C. The molecule has 5 heteroatoms. The lowest BCUT2D eigenvalue weighted by atomic mass is 10.0. The van der Waals surface area contributed by atoms with Gasteiger partial charge in [0.1, 0.15) is 17.7 Å². The van der Waals surface area contributed by atoms with Gasteiger partial charge in [0, 0.05) is 6.42 Å². The summed E-state index contributed by atoms with van der Waals surface area (Å²) in [5.41, 5.74) is 5.62. The molecule has 0 radical (unpaired) electrons. The predicted octanol–water partition coefficient (Wildman–Crippen LogP) is 13.8. The van der Waals surface area contributed by atoms with Crippen LogP contribution < -0.4 is 5.73 Å². The molecule has 2 atom stereocenters. The summed E-state index contributed by atoms with van der Waals surface area (Å²) in [5, 5.41) is 0. The summed E-state index contributed by atoms with van der Waals surface area (Å²) < 4.78 is 11.3. The van der Waals surface area contributed by atoms with E-state index in [4.69, 9.17) is 15.2 Å². The van der Waals surface area contributed by atoms with Crippen LogP contribution in [0, 0.1) is 0 Å². The van der Waals surface area contributed by atoms with E-state index >= 15 is 0 Å². The zero-order chi connectivity index (χ0) is 37.0.